The first-order valence-corrected chi connectivity index (χ1v) is 9.18. The van der Waals surface area contributed by atoms with E-state index in [1.807, 2.05) is 71.9 Å². The highest BCUT2D eigenvalue weighted by Gasteiger charge is 2.17. The lowest BCUT2D eigenvalue weighted by Crippen LogP contribution is -2.00. The highest BCUT2D eigenvalue weighted by atomic mass is 79.9. The lowest BCUT2D eigenvalue weighted by atomic mass is 10.0. The van der Waals surface area contributed by atoms with Crippen molar-refractivity contribution in [2.24, 2.45) is 4.99 Å². The van der Waals surface area contributed by atoms with Crippen LogP contribution in [0.1, 0.15) is 52.7 Å². The Morgan fingerprint density at radius 2 is 1.52 bits per heavy atom. The van der Waals surface area contributed by atoms with Crippen molar-refractivity contribution in [2.45, 2.75) is 48.0 Å². The molecular formula is C20H28BrNO. The number of fused-ring (bicyclic) bond motifs is 1. The number of para-hydroxylation sites is 1. The van der Waals surface area contributed by atoms with Crippen molar-refractivity contribution >= 4 is 27.3 Å². The first-order chi connectivity index (χ1) is 11.2. The summed E-state index contributed by atoms with van der Waals surface area (Å²) in [5, 5.41) is 9.87. The standard InChI is InChI=1S/C14H10BrNO.3C2H6/c15-10-5-6-14(17)11(8-10)13-7-9-3-1-2-4-12(9)16-13;3*1-2/h1-6,8,17H,7H2;3*1-2H3. The van der Waals surface area contributed by atoms with Gasteiger partial charge in [0.2, 0.25) is 0 Å². The largest absolute Gasteiger partial charge is 0.507 e. The Labute approximate surface area is 149 Å². The molecule has 0 fully saturated rings. The van der Waals surface area contributed by atoms with E-state index >= 15 is 0 Å². The molecule has 0 radical (unpaired) electrons. The van der Waals surface area contributed by atoms with Crippen LogP contribution in [0.25, 0.3) is 0 Å². The molecule has 126 valence electrons. The topological polar surface area (TPSA) is 32.6 Å². The summed E-state index contributed by atoms with van der Waals surface area (Å²) in [4.78, 5) is 4.56. The van der Waals surface area contributed by atoms with Gasteiger partial charge < -0.3 is 5.11 Å². The Bertz CT molecular complexity index is 621. The van der Waals surface area contributed by atoms with Gasteiger partial charge in [-0.05, 0) is 29.8 Å². The molecule has 0 bridgehead atoms. The van der Waals surface area contributed by atoms with Gasteiger partial charge in [-0.25, -0.2) is 0 Å². The number of nitrogens with zero attached hydrogens (tertiary/aromatic N) is 1. The number of aromatic hydroxyl groups is 1. The molecular weight excluding hydrogens is 350 g/mol. The summed E-state index contributed by atoms with van der Waals surface area (Å²) in [6, 6.07) is 13.5. The van der Waals surface area contributed by atoms with Crippen molar-refractivity contribution in [1.29, 1.82) is 0 Å². The first kappa shape index (κ1) is 21.4. The summed E-state index contributed by atoms with van der Waals surface area (Å²) >= 11 is 3.41. The second-order valence-electron chi connectivity index (χ2n) is 4.03. The molecule has 0 aromatic heterocycles. The van der Waals surface area contributed by atoms with Gasteiger partial charge in [0.1, 0.15) is 5.75 Å². The maximum atomic E-state index is 9.87. The van der Waals surface area contributed by atoms with Gasteiger partial charge in [-0.2, -0.15) is 0 Å². The van der Waals surface area contributed by atoms with Crippen LogP contribution in [0.5, 0.6) is 5.75 Å². The quantitative estimate of drug-likeness (QED) is 0.574. The molecule has 0 unspecified atom stereocenters. The Hall–Kier alpha value is -1.61. The number of benzene rings is 2. The van der Waals surface area contributed by atoms with E-state index in [1.165, 1.54) is 5.56 Å². The van der Waals surface area contributed by atoms with E-state index in [-0.39, 0.29) is 5.75 Å². The van der Waals surface area contributed by atoms with Gasteiger partial charge in [0, 0.05) is 16.5 Å². The molecule has 0 amide bonds. The SMILES string of the molecule is CC.CC.CC.Oc1ccc(Br)cc1C1=Nc2ccccc2C1. The number of rotatable bonds is 1. The molecule has 3 heteroatoms. The zero-order valence-electron chi connectivity index (χ0n) is 15.0. The Kier molecular flexibility index (Phi) is 11.1. The average molecular weight is 378 g/mol. The molecule has 2 aromatic carbocycles. The van der Waals surface area contributed by atoms with Gasteiger partial charge in [-0.1, -0.05) is 75.7 Å². The third-order valence-electron chi connectivity index (χ3n) is 2.87. The van der Waals surface area contributed by atoms with Gasteiger partial charge in [-0.15, -0.1) is 0 Å². The molecule has 2 nitrogen and oxygen atoms in total. The van der Waals surface area contributed by atoms with E-state index < -0.39 is 0 Å². The predicted molar refractivity (Wildman–Crippen MR) is 106 cm³/mol. The van der Waals surface area contributed by atoms with E-state index in [2.05, 4.69) is 27.0 Å². The van der Waals surface area contributed by atoms with Crippen molar-refractivity contribution in [2.75, 3.05) is 0 Å². The Morgan fingerprint density at radius 3 is 2.13 bits per heavy atom. The normalized spacial score (nSPS) is 10.7. The molecule has 2 aromatic rings. The lowest BCUT2D eigenvalue weighted by Gasteiger charge is -2.04. The van der Waals surface area contributed by atoms with E-state index in [1.54, 1.807) is 6.07 Å². The predicted octanol–water partition coefficient (Wildman–Crippen LogP) is 6.91. The van der Waals surface area contributed by atoms with E-state index in [4.69, 9.17) is 0 Å². The van der Waals surface area contributed by atoms with Crippen LogP contribution in [-0.4, -0.2) is 10.8 Å². The fourth-order valence-corrected chi connectivity index (χ4v) is 2.39. The van der Waals surface area contributed by atoms with Crippen LogP contribution in [0.4, 0.5) is 5.69 Å². The zero-order valence-corrected chi connectivity index (χ0v) is 16.6. The van der Waals surface area contributed by atoms with Crippen molar-refractivity contribution in [3.63, 3.8) is 0 Å². The second-order valence-corrected chi connectivity index (χ2v) is 4.94. The number of halogens is 1. The van der Waals surface area contributed by atoms with Gasteiger partial charge in [0.25, 0.3) is 0 Å². The highest BCUT2D eigenvalue weighted by molar-refractivity contribution is 9.10. The number of hydrogen-bond donors (Lipinski definition) is 1. The van der Waals surface area contributed by atoms with Crippen molar-refractivity contribution in [1.82, 2.24) is 0 Å². The van der Waals surface area contributed by atoms with E-state index in [0.29, 0.717) is 0 Å². The third kappa shape index (κ3) is 5.83. The number of phenolic OH excluding ortho intramolecular Hbond substituents is 1. The van der Waals surface area contributed by atoms with Gasteiger partial charge >= 0.3 is 0 Å². The average Bonchev–Trinajstić information content (AvgIpc) is 3.06. The molecule has 0 atom stereocenters. The van der Waals surface area contributed by atoms with Crippen LogP contribution in [0, 0.1) is 0 Å². The number of hydrogen-bond acceptors (Lipinski definition) is 2. The number of aliphatic imine (C=N–C) groups is 1. The smallest absolute Gasteiger partial charge is 0.124 e. The number of phenols is 1. The maximum absolute atomic E-state index is 9.87. The summed E-state index contributed by atoms with van der Waals surface area (Å²) in [6.07, 6.45) is 0.778. The summed E-state index contributed by atoms with van der Waals surface area (Å²) in [7, 11) is 0. The van der Waals surface area contributed by atoms with E-state index in [9.17, 15) is 5.11 Å². The lowest BCUT2D eigenvalue weighted by molar-refractivity contribution is 0.474. The molecule has 0 saturated heterocycles. The molecule has 3 rings (SSSR count). The summed E-state index contributed by atoms with van der Waals surface area (Å²) in [5.74, 6) is 0.278. The van der Waals surface area contributed by atoms with Crippen LogP contribution in [-0.2, 0) is 6.42 Å². The maximum Gasteiger partial charge on any atom is 0.124 e. The summed E-state index contributed by atoms with van der Waals surface area (Å²) in [5.41, 5.74) is 3.93. The van der Waals surface area contributed by atoms with Crippen LogP contribution >= 0.6 is 15.9 Å². The fourth-order valence-electron chi connectivity index (χ4n) is 2.03. The molecule has 1 aliphatic heterocycles. The Balaban J connectivity index is 0.000000728. The van der Waals surface area contributed by atoms with Gasteiger partial charge in [-0.3, -0.25) is 4.99 Å². The second kappa shape index (κ2) is 11.9. The van der Waals surface area contributed by atoms with Crippen molar-refractivity contribution in [3.8, 4) is 5.75 Å². The molecule has 1 heterocycles. The summed E-state index contributed by atoms with van der Waals surface area (Å²) < 4.78 is 0.948. The fraction of sp³-hybridized carbons (Fsp3) is 0.350. The van der Waals surface area contributed by atoms with Gasteiger partial charge in [0.05, 0.1) is 11.4 Å². The van der Waals surface area contributed by atoms with Crippen molar-refractivity contribution in [3.05, 3.63) is 58.1 Å². The Morgan fingerprint density at radius 1 is 0.913 bits per heavy atom. The third-order valence-corrected chi connectivity index (χ3v) is 3.37. The molecule has 0 aliphatic carbocycles. The van der Waals surface area contributed by atoms with Crippen LogP contribution in [0.2, 0.25) is 0 Å². The van der Waals surface area contributed by atoms with Crippen molar-refractivity contribution < 1.29 is 5.11 Å². The molecule has 23 heavy (non-hydrogen) atoms. The molecule has 0 saturated carbocycles. The molecule has 0 spiro atoms. The highest BCUT2D eigenvalue weighted by Crippen LogP contribution is 2.32. The summed E-state index contributed by atoms with van der Waals surface area (Å²) in [6.45, 7) is 12.0. The minimum atomic E-state index is 0.278. The van der Waals surface area contributed by atoms with Crippen LogP contribution < -0.4 is 0 Å². The van der Waals surface area contributed by atoms with Crippen LogP contribution in [0.3, 0.4) is 0 Å². The molecule has 1 N–H and O–H groups in total. The molecule has 1 aliphatic rings. The minimum absolute atomic E-state index is 0.278. The minimum Gasteiger partial charge on any atom is -0.507 e. The van der Waals surface area contributed by atoms with Crippen LogP contribution in [0.15, 0.2) is 51.9 Å². The van der Waals surface area contributed by atoms with E-state index in [0.717, 1.165) is 27.9 Å². The zero-order chi connectivity index (χ0) is 17.8. The monoisotopic (exact) mass is 377 g/mol. The van der Waals surface area contributed by atoms with Gasteiger partial charge in [0.15, 0.2) is 0 Å². The first-order valence-electron chi connectivity index (χ1n) is 8.38.